The number of likely N-dealkylation sites (tertiary alicyclic amines) is 1. The monoisotopic (exact) mass is 264 g/mol. The molecule has 1 amide bonds. The molecule has 1 heterocycles. The molecule has 3 nitrogen and oxygen atoms in total. The van der Waals surface area contributed by atoms with Gasteiger partial charge in [0.25, 0.3) is 0 Å². The SMILES string of the molecule is CC(N)C1CCCCN1C(=O)Cc1ccccc1F. The van der Waals surface area contributed by atoms with E-state index in [9.17, 15) is 9.18 Å². The molecule has 2 atom stereocenters. The number of amides is 1. The van der Waals surface area contributed by atoms with Crippen molar-refractivity contribution in [3.63, 3.8) is 0 Å². The third kappa shape index (κ3) is 3.32. The predicted octanol–water partition coefficient (Wildman–Crippen LogP) is 2.10. The van der Waals surface area contributed by atoms with Crippen molar-refractivity contribution in [2.45, 2.75) is 44.7 Å². The van der Waals surface area contributed by atoms with Gasteiger partial charge in [0.2, 0.25) is 5.91 Å². The summed E-state index contributed by atoms with van der Waals surface area (Å²) in [5.74, 6) is -0.336. The minimum Gasteiger partial charge on any atom is -0.338 e. The lowest BCUT2D eigenvalue weighted by atomic mass is 9.96. The van der Waals surface area contributed by atoms with Crippen LogP contribution in [-0.4, -0.2) is 29.4 Å². The Kier molecular flexibility index (Phi) is 4.53. The summed E-state index contributed by atoms with van der Waals surface area (Å²) >= 11 is 0. The van der Waals surface area contributed by atoms with Crippen molar-refractivity contribution in [2.75, 3.05) is 6.54 Å². The van der Waals surface area contributed by atoms with Crippen LogP contribution in [0.1, 0.15) is 31.7 Å². The van der Waals surface area contributed by atoms with Crippen LogP contribution in [0, 0.1) is 5.82 Å². The fraction of sp³-hybridized carbons (Fsp3) is 0.533. The number of benzene rings is 1. The third-order valence-corrected chi connectivity index (χ3v) is 3.78. The Balaban J connectivity index is 2.08. The van der Waals surface area contributed by atoms with E-state index in [-0.39, 0.29) is 30.2 Å². The van der Waals surface area contributed by atoms with Gasteiger partial charge in [0.15, 0.2) is 0 Å². The maximum absolute atomic E-state index is 13.6. The lowest BCUT2D eigenvalue weighted by molar-refractivity contribution is -0.134. The zero-order chi connectivity index (χ0) is 13.8. The maximum Gasteiger partial charge on any atom is 0.227 e. The molecule has 1 aliphatic heterocycles. The third-order valence-electron chi connectivity index (χ3n) is 3.78. The molecular formula is C15H21FN2O. The van der Waals surface area contributed by atoms with Crippen molar-refractivity contribution in [1.29, 1.82) is 0 Å². The minimum absolute atomic E-state index is 0.0212. The molecule has 0 radical (unpaired) electrons. The maximum atomic E-state index is 13.6. The van der Waals surface area contributed by atoms with Crippen LogP contribution in [0.25, 0.3) is 0 Å². The molecule has 1 aliphatic rings. The first-order chi connectivity index (χ1) is 9.09. The molecule has 2 rings (SSSR count). The number of hydrogen-bond acceptors (Lipinski definition) is 2. The molecule has 0 saturated carbocycles. The predicted molar refractivity (Wildman–Crippen MR) is 73.1 cm³/mol. The molecule has 0 bridgehead atoms. The summed E-state index contributed by atoms with van der Waals surface area (Å²) in [5, 5.41) is 0. The minimum atomic E-state index is -0.315. The van der Waals surface area contributed by atoms with Gasteiger partial charge in [-0.25, -0.2) is 4.39 Å². The van der Waals surface area contributed by atoms with Crippen molar-refractivity contribution in [1.82, 2.24) is 4.90 Å². The summed E-state index contributed by atoms with van der Waals surface area (Å²) < 4.78 is 13.6. The highest BCUT2D eigenvalue weighted by Gasteiger charge is 2.29. The van der Waals surface area contributed by atoms with Crippen LogP contribution in [0.5, 0.6) is 0 Å². The first-order valence-electron chi connectivity index (χ1n) is 6.88. The molecule has 1 saturated heterocycles. The Morgan fingerprint density at radius 2 is 2.21 bits per heavy atom. The molecule has 0 aliphatic carbocycles. The van der Waals surface area contributed by atoms with E-state index in [2.05, 4.69) is 0 Å². The standard InChI is InChI=1S/C15H21FN2O/c1-11(17)14-8-4-5-9-18(14)15(19)10-12-6-2-3-7-13(12)16/h2-3,6-7,11,14H,4-5,8-10,17H2,1H3. The fourth-order valence-corrected chi connectivity index (χ4v) is 2.72. The van der Waals surface area contributed by atoms with Crippen molar-refractivity contribution >= 4 is 5.91 Å². The lowest BCUT2D eigenvalue weighted by Gasteiger charge is -2.38. The molecule has 0 aromatic heterocycles. The van der Waals surface area contributed by atoms with Crippen LogP contribution in [-0.2, 0) is 11.2 Å². The molecule has 4 heteroatoms. The number of rotatable bonds is 3. The number of nitrogens with zero attached hydrogens (tertiary/aromatic N) is 1. The van der Waals surface area contributed by atoms with Gasteiger partial charge in [-0.05, 0) is 37.8 Å². The topological polar surface area (TPSA) is 46.3 Å². The summed E-state index contributed by atoms with van der Waals surface area (Å²) in [6.07, 6.45) is 3.18. The van der Waals surface area contributed by atoms with Crippen LogP contribution in [0.4, 0.5) is 4.39 Å². The summed E-state index contributed by atoms with van der Waals surface area (Å²) in [6, 6.07) is 6.50. The van der Waals surface area contributed by atoms with Gasteiger partial charge in [-0.2, -0.15) is 0 Å². The van der Waals surface area contributed by atoms with Gasteiger partial charge >= 0.3 is 0 Å². The van der Waals surface area contributed by atoms with Crippen molar-refractivity contribution in [2.24, 2.45) is 5.73 Å². The highest BCUT2D eigenvalue weighted by molar-refractivity contribution is 5.79. The molecule has 19 heavy (non-hydrogen) atoms. The Morgan fingerprint density at radius 1 is 1.47 bits per heavy atom. The summed E-state index contributed by atoms with van der Waals surface area (Å²) in [5.41, 5.74) is 6.41. The lowest BCUT2D eigenvalue weighted by Crippen LogP contribution is -2.52. The number of carbonyl (C=O) groups excluding carboxylic acids is 1. The molecule has 1 aromatic rings. The van der Waals surface area contributed by atoms with Crippen LogP contribution in [0.3, 0.4) is 0 Å². The van der Waals surface area contributed by atoms with Crippen LogP contribution in [0.15, 0.2) is 24.3 Å². The van der Waals surface area contributed by atoms with Gasteiger partial charge in [0.1, 0.15) is 5.82 Å². The van der Waals surface area contributed by atoms with E-state index in [1.54, 1.807) is 18.2 Å². The molecule has 1 aromatic carbocycles. The molecule has 104 valence electrons. The summed E-state index contributed by atoms with van der Waals surface area (Å²) in [6.45, 7) is 2.67. The van der Waals surface area contributed by atoms with Gasteiger partial charge in [0, 0.05) is 18.6 Å². The van der Waals surface area contributed by atoms with Crippen LogP contribution >= 0.6 is 0 Å². The van der Waals surface area contributed by atoms with Crippen molar-refractivity contribution in [3.05, 3.63) is 35.6 Å². The summed E-state index contributed by atoms with van der Waals surface area (Å²) in [7, 11) is 0. The Morgan fingerprint density at radius 3 is 2.89 bits per heavy atom. The highest BCUT2D eigenvalue weighted by atomic mass is 19.1. The zero-order valence-electron chi connectivity index (χ0n) is 11.3. The molecule has 0 spiro atoms. The van der Waals surface area contributed by atoms with Gasteiger partial charge < -0.3 is 10.6 Å². The van der Waals surface area contributed by atoms with Crippen molar-refractivity contribution < 1.29 is 9.18 Å². The Labute approximate surface area is 113 Å². The van der Waals surface area contributed by atoms with E-state index in [1.165, 1.54) is 6.07 Å². The number of hydrogen-bond donors (Lipinski definition) is 1. The van der Waals surface area contributed by atoms with E-state index in [0.717, 1.165) is 25.8 Å². The first kappa shape index (κ1) is 14.0. The second-order valence-corrected chi connectivity index (χ2v) is 5.28. The van der Waals surface area contributed by atoms with Gasteiger partial charge in [-0.3, -0.25) is 4.79 Å². The smallest absolute Gasteiger partial charge is 0.227 e. The second-order valence-electron chi connectivity index (χ2n) is 5.28. The van der Waals surface area contributed by atoms with E-state index < -0.39 is 0 Å². The quantitative estimate of drug-likeness (QED) is 0.908. The van der Waals surface area contributed by atoms with Crippen LogP contribution in [0.2, 0.25) is 0 Å². The molecular weight excluding hydrogens is 243 g/mol. The number of carbonyl (C=O) groups is 1. The molecule has 1 fully saturated rings. The second kappa shape index (κ2) is 6.15. The van der Waals surface area contributed by atoms with E-state index >= 15 is 0 Å². The van der Waals surface area contributed by atoms with E-state index in [0.29, 0.717) is 5.56 Å². The highest BCUT2D eigenvalue weighted by Crippen LogP contribution is 2.20. The van der Waals surface area contributed by atoms with E-state index in [1.807, 2.05) is 11.8 Å². The molecule has 2 N–H and O–H groups in total. The van der Waals surface area contributed by atoms with E-state index in [4.69, 9.17) is 5.73 Å². The van der Waals surface area contributed by atoms with Gasteiger partial charge in [0.05, 0.1) is 6.42 Å². The number of piperidine rings is 1. The fourth-order valence-electron chi connectivity index (χ4n) is 2.72. The average Bonchev–Trinajstić information content (AvgIpc) is 2.41. The number of halogens is 1. The van der Waals surface area contributed by atoms with Gasteiger partial charge in [-0.15, -0.1) is 0 Å². The van der Waals surface area contributed by atoms with Crippen molar-refractivity contribution in [3.8, 4) is 0 Å². The Hall–Kier alpha value is -1.42. The summed E-state index contributed by atoms with van der Waals surface area (Å²) in [4.78, 5) is 14.2. The first-order valence-corrected chi connectivity index (χ1v) is 6.88. The Bertz CT molecular complexity index is 448. The number of nitrogens with two attached hydrogens (primary N) is 1. The zero-order valence-corrected chi connectivity index (χ0v) is 11.3. The normalized spacial score (nSPS) is 21.2. The largest absolute Gasteiger partial charge is 0.338 e. The van der Waals surface area contributed by atoms with Gasteiger partial charge in [-0.1, -0.05) is 18.2 Å². The average molecular weight is 264 g/mol. The molecule has 2 unspecified atom stereocenters. The van der Waals surface area contributed by atoms with Crippen LogP contribution < -0.4 is 5.73 Å².